The van der Waals surface area contributed by atoms with Gasteiger partial charge in [0.2, 0.25) is 5.91 Å². The van der Waals surface area contributed by atoms with Gasteiger partial charge in [-0.1, -0.05) is 30.3 Å². The van der Waals surface area contributed by atoms with Crippen LogP contribution in [0.25, 0.3) is 10.8 Å². The first-order valence-corrected chi connectivity index (χ1v) is 13.6. The van der Waals surface area contributed by atoms with Gasteiger partial charge in [-0.25, -0.2) is 13.1 Å². The van der Waals surface area contributed by atoms with E-state index in [-0.39, 0.29) is 29.3 Å². The van der Waals surface area contributed by atoms with Gasteiger partial charge in [0.15, 0.2) is 9.84 Å². The van der Waals surface area contributed by atoms with E-state index in [4.69, 9.17) is 0 Å². The molecule has 0 bridgehead atoms. The highest BCUT2D eigenvalue weighted by atomic mass is 32.2. The first-order chi connectivity index (χ1) is 16.8. The van der Waals surface area contributed by atoms with Crippen molar-refractivity contribution in [1.29, 1.82) is 0 Å². The lowest BCUT2D eigenvalue weighted by Gasteiger charge is -2.16. The number of amides is 1. The molecule has 9 heteroatoms. The molecule has 1 aromatic heterocycles. The fourth-order valence-corrected chi connectivity index (χ4v) is 5.39. The zero-order chi connectivity index (χ0) is 25.0. The fourth-order valence-electron chi connectivity index (χ4n) is 4.33. The van der Waals surface area contributed by atoms with E-state index in [2.05, 4.69) is 15.3 Å². The largest absolute Gasteiger partial charge is 0.350 e. The van der Waals surface area contributed by atoms with Crippen molar-refractivity contribution in [3.8, 4) is 0 Å². The maximum Gasteiger partial charge on any atom is 0.274 e. The predicted molar refractivity (Wildman–Crippen MR) is 136 cm³/mol. The predicted octanol–water partition coefficient (Wildman–Crippen LogP) is 2.53. The molecule has 0 spiro atoms. The SMILES string of the molecule is CC(C)S(=O)(=O)c1ccc(CC(=O)NCc2nn(CCN3CCCC3)c(=O)c3ccccc23)cc1. The van der Waals surface area contributed by atoms with E-state index >= 15 is 0 Å². The smallest absolute Gasteiger partial charge is 0.274 e. The van der Waals surface area contributed by atoms with Gasteiger partial charge in [0.1, 0.15) is 0 Å². The quantitative estimate of drug-likeness (QED) is 0.489. The van der Waals surface area contributed by atoms with Crippen molar-refractivity contribution < 1.29 is 13.2 Å². The summed E-state index contributed by atoms with van der Waals surface area (Å²) in [6.07, 6.45) is 2.50. The molecule has 8 nitrogen and oxygen atoms in total. The van der Waals surface area contributed by atoms with Crippen molar-refractivity contribution in [1.82, 2.24) is 20.0 Å². The van der Waals surface area contributed by atoms with Gasteiger partial charge in [0.05, 0.1) is 40.7 Å². The Labute approximate surface area is 205 Å². The summed E-state index contributed by atoms with van der Waals surface area (Å²) < 4.78 is 26.1. The highest BCUT2D eigenvalue weighted by molar-refractivity contribution is 7.92. The molecule has 186 valence electrons. The number of aromatic nitrogens is 2. The van der Waals surface area contributed by atoms with Crippen molar-refractivity contribution in [3.63, 3.8) is 0 Å². The Morgan fingerprint density at radius 2 is 1.66 bits per heavy atom. The molecule has 0 atom stereocenters. The number of benzene rings is 2. The average Bonchev–Trinajstić information content (AvgIpc) is 3.37. The topological polar surface area (TPSA) is 101 Å². The monoisotopic (exact) mass is 496 g/mol. The number of rotatable bonds is 9. The minimum atomic E-state index is -3.35. The molecule has 2 heterocycles. The molecule has 1 saturated heterocycles. The Kier molecular flexibility index (Phi) is 7.66. The van der Waals surface area contributed by atoms with E-state index in [1.807, 2.05) is 18.2 Å². The Morgan fingerprint density at radius 3 is 2.31 bits per heavy atom. The molecule has 0 aliphatic carbocycles. The van der Waals surface area contributed by atoms with Crippen LogP contribution in [-0.2, 0) is 34.1 Å². The van der Waals surface area contributed by atoms with Crippen LogP contribution in [0.15, 0.2) is 58.2 Å². The molecular weight excluding hydrogens is 464 g/mol. The van der Waals surface area contributed by atoms with Crippen molar-refractivity contribution in [2.75, 3.05) is 19.6 Å². The number of carbonyl (C=O) groups is 1. The Morgan fingerprint density at radius 1 is 1.00 bits per heavy atom. The van der Waals surface area contributed by atoms with Crippen molar-refractivity contribution in [2.24, 2.45) is 0 Å². The van der Waals surface area contributed by atoms with Gasteiger partial charge in [-0.05, 0) is 63.5 Å². The summed E-state index contributed by atoms with van der Waals surface area (Å²) in [7, 11) is -3.35. The van der Waals surface area contributed by atoms with Crippen LogP contribution in [0.3, 0.4) is 0 Å². The Bertz CT molecular complexity index is 1360. The number of hydrogen-bond donors (Lipinski definition) is 1. The third-order valence-electron chi connectivity index (χ3n) is 6.46. The minimum Gasteiger partial charge on any atom is -0.350 e. The molecule has 0 unspecified atom stereocenters. The lowest BCUT2D eigenvalue weighted by molar-refractivity contribution is -0.120. The number of sulfone groups is 1. The summed E-state index contributed by atoms with van der Waals surface area (Å²) in [6, 6.07) is 13.8. The molecule has 0 radical (unpaired) electrons. The first-order valence-electron chi connectivity index (χ1n) is 12.1. The van der Waals surface area contributed by atoms with Gasteiger partial charge in [-0.3, -0.25) is 9.59 Å². The number of hydrogen-bond acceptors (Lipinski definition) is 6. The minimum absolute atomic E-state index is 0.119. The number of carbonyl (C=O) groups excluding carboxylic acids is 1. The summed E-state index contributed by atoms with van der Waals surface area (Å²) >= 11 is 0. The molecule has 2 aromatic carbocycles. The number of likely N-dealkylation sites (tertiary alicyclic amines) is 1. The Balaban J connectivity index is 1.45. The van der Waals surface area contributed by atoms with E-state index in [0.29, 0.717) is 17.6 Å². The maximum atomic E-state index is 13.0. The van der Waals surface area contributed by atoms with Crippen molar-refractivity contribution in [2.45, 2.75) is 56.3 Å². The van der Waals surface area contributed by atoms with Gasteiger partial charge in [0, 0.05) is 11.9 Å². The van der Waals surface area contributed by atoms with E-state index in [9.17, 15) is 18.0 Å². The van der Waals surface area contributed by atoms with Crippen LogP contribution in [0.1, 0.15) is 37.9 Å². The van der Waals surface area contributed by atoms with Crippen LogP contribution in [0.2, 0.25) is 0 Å². The molecule has 35 heavy (non-hydrogen) atoms. The van der Waals surface area contributed by atoms with Crippen LogP contribution in [0.4, 0.5) is 0 Å². The zero-order valence-corrected chi connectivity index (χ0v) is 21.1. The normalized spacial score (nSPS) is 14.6. The number of fused-ring (bicyclic) bond motifs is 1. The summed E-state index contributed by atoms with van der Waals surface area (Å²) in [4.78, 5) is 28.2. The van der Waals surface area contributed by atoms with Crippen LogP contribution >= 0.6 is 0 Å². The van der Waals surface area contributed by atoms with Gasteiger partial charge >= 0.3 is 0 Å². The van der Waals surface area contributed by atoms with Crippen LogP contribution < -0.4 is 10.9 Å². The lowest BCUT2D eigenvalue weighted by Crippen LogP contribution is -2.33. The summed E-state index contributed by atoms with van der Waals surface area (Å²) in [5.41, 5.74) is 1.25. The molecule has 1 N–H and O–H groups in total. The molecule has 1 amide bonds. The lowest BCUT2D eigenvalue weighted by atomic mass is 10.1. The second-order valence-electron chi connectivity index (χ2n) is 9.26. The first kappa shape index (κ1) is 25.1. The molecular formula is C26H32N4O4S. The second kappa shape index (κ2) is 10.7. The number of nitrogens with one attached hydrogen (secondary N) is 1. The zero-order valence-electron chi connectivity index (χ0n) is 20.2. The third kappa shape index (κ3) is 5.79. The third-order valence-corrected chi connectivity index (χ3v) is 8.63. The van der Waals surface area contributed by atoms with E-state index < -0.39 is 15.1 Å². The van der Waals surface area contributed by atoms with Crippen molar-refractivity contribution in [3.05, 3.63) is 70.1 Å². The fraction of sp³-hybridized carbons (Fsp3) is 0.423. The van der Waals surface area contributed by atoms with E-state index in [1.54, 1.807) is 44.2 Å². The van der Waals surface area contributed by atoms with Gasteiger partial charge in [-0.15, -0.1) is 0 Å². The van der Waals surface area contributed by atoms with Crippen LogP contribution in [-0.4, -0.2) is 53.9 Å². The second-order valence-corrected chi connectivity index (χ2v) is 11.8. The summed E-state index contributed by atoms with van der Waals surface area (Å²) in [5, 5.41) is 8.32. The summed E-state index contributed by atoms with van der Waals surface area (Å²) in [5.74, 6) is -0.204. The van der Waals surface area contributed by atoms with E-state index in [1.165, 1.54) is 17.5 Å². The molecule has 4 rings (SSSR count). The van der Waals surface area contributed by atoms with Crippen LogP contribution in [0.5, 0.6) is 0 Å². The van der Waals surface area contributed by atoms with Gasteiger partial charge < -0.3 is 10.2 Å². The molecule has 1 fully saturated rings. The average molecular weight is 497 g/mol. The summed E-state index contributed by atoms with van der Waals surface area (Å²) in [6.45, 7) is 6.87. The van der Waals surface area contributed by atoms with E-state index in [0.717, 1.165) is 30.6 Å². The van der Waals surface area contributed by atoms with Gasteiger partial charge in [0.25, 0.3) is 5.56 Å². The van der Waals surface area contributed by atoms with Crippen molar-refractivity contribution >= 4 is 26.5 Å². The van der Waals surface area contributed by atoms with Crippen LogP contribution in [0, 0.1) is 0 Å². The number of nitrogens with zero attached hydrogens (tertiary/aromatic N) is 3. The standard InChI is InChI=1S/C26H32N4O4S/c1-19(2)35(33,34)21-11-9-20(10-12-21)17-25(31)27-18-24-22-7-3-4-8-23(22)26(32)30(28-24)16-15-29-13-5-6-14-29/h3-4,7-12,19H,5-6,13-18H2,1-2H3,(H,27,31). The molecule has 0 saturated carbocycles. The Hall–Kier alpha value is -3.04. The highest BCUT2D eigenvalue weighted by Gasteiger charge is 2.19. The molecule has 1 aliphatic heterocycles. The highest BCUT2D eigenvalue weighted by Crippen LogP contribution is 2.17. The van der Waals surface area contributed by atoms with Gasteiger partial charge in [-0.2, -0.15) is 5.10 Å². The maximum absolute atomic E-state index is 13.0. The molecule has 1 aliphatic rings. The molecule has 3 aromatic rings.